The van der Waals surface area contributed by atoms with Gasteiger partial charge < -0.3 is 15.5 Å². The average Bonchev–Trinajstić information content (AvgIpc) is 2.34. The Kier molecular flexibility index (Phi) is 6.29. The molecule has 0 aliphatic carbocycles. The number of anilines is 1. The van der Waals surface area contributed by atoms with E-state index >= 15 is 0 Å². The molecule has 1 aromatic heterocycles. The smallest absolute Gasteiger partial charge is 0.253 e. The third-order valence-electron chi connectivity index (χ3n) is 2.53. The molecule has 0 spiro atoms. The van der Waals surface area contributed by atoms with Crippen molar-refractivity contribution in [2.45, 2.75) is 26.3 Å². The van der Waals surface area contributed by atoms with Crippen LogP contribution in [0.4, 0.5) is 5.69 Å². The molecule has 19 heavy (non-hydrogen) atoms. The average molecular weight is 264 g/mol. The summed E-state index contributed by atoms with van der Waals surface area (Å²) in [4.78, 5) is 18.1. The summed E-state index contributed by atoms with van der Waals surface area (Å²) in [6.07, 6.45) is 4.37. The van der Waals surface area contributed by atoms with E-state index in [1.54, 1.807) is 12.4 Å². The molecule has 106 valence electrons. The zero-order valence-corrected chi connectivity index (χ0v) is 12.2. The molecule has 0 saturated carbocycles. The minimum absolute atomic E-state index is 0.0839. The van der Waals surface area contributed by atoms with E-state index in [9.17, 15) is 4.79 Å². The van der Waals surface area contributed by atoms with Crippen molar-refractivity contribution in [1.29, 1.82) is 0 Å². The van der Waals surface area contributed by atoms with Crippen molar-refractivity contribution in [3.05, 3.63) is 24.0 Å². The van der Waals surface area contributed by atoms with Gasteiger partial charge >= 0.3 is 0 Å². The van der Waals surface area contributed by atoms with Gasteiger partial charge in [0.05, 0.1) is 11.3 Å². The normalized spacial score (nSPS) is 10.8. The standard InChI is InChI=1S/C14H24N4O/c1-11(2)17-14(19)12-8-13(10-15-9-12)16-6-5-7-18(3)4/h8-11,16H,5-7H2,1-4H3,(H,17,19). The Morgan fingerprint density at radius 1 is 1.37 bits per heavy atom. The lowest BCUT2D eigenvalue weighted by molar-refractivity contribution is 0.0943. The van der Waals surface area contributed by atoms with Crippen LogP contribution in [0.2, 0.25) is 0 Å². The highest BCUT2D eigenvalue weighted by molar-refractivity contribution is 5.94. The number of carbonyl (C=O) groups excluding carboxylic acids is 1. The molecule has 0 bridgehead atoms. The summed E-state index contributed by atoms with van der Waals surface area (Å²) in [5, 5.41) is 6.13. The maximum absolute atomic E-state index is 11.8. The molecule has 1 aromatic rings. The van der Waals surface area contributed by atoms with Gasteiger partial charge in [-0.2, -0.15) is 0 Å². The molecule has 1 amide bonds. The summed E-state index contributed by atoms with van der Waals surface area (Å²) in [5.74, 6) is -0.0839. The van der Waals surface area contributed by atoms with Crippen molar-refractivity contribution in [3.8, 4) is 0 Å². The number of amides is 1. The molecular weight excluding hydrogens is 240 g/mol. The molecule has 5 heteroatoms. The fourth-order valence-electron chi connectivity index (χ4n) is 1.63. The van der Waals surface area contributed by atoms with Crippen LogP contribution in [0.5, 0.6) is 0 Å². The number of hydrogen-bond acceptors (Lipinski definition) is 4. The largest absolute Gasteiger partial charge is 0.384 e. The van der Waals surface area contributed by atoms with E-state index < -0.39 is 0 Å². The molecule has 0 aliphatic rings. The fourth-order valence-corrected chi connectivity index (χ4v) is 1.63. The third-order valence-corrected chi connectivity index (χ3v) is 2.53. The number of aromatic nitrogens is 1. The van der Waals surface area contributed by atoms with Gasteiger partial charge in [-0.1, -0.05) is 0 Å². The van der Waals surface area contributed by atoms with Crippen molar-refractivity contribution in [2.75, 3.05) is 32.5 Å². The Morgan fingerprint density at radius 3 is 2.74 bits per heavy atom. The van der Waals surface area contributed by atoms with E-state index in [0.717, 1.165) is 25.2 Å². The lowest BCUT2D eigenvalue weighted by Gasteiger charge is -2.12. The minimum Gasteiger partial charge on any atom is -0.384 e. The minimum atomic E-state index is -0.0839. The highest BCUT2D eigenvalue weighted by Gasteiger charge is 2.07. The van der Waals surface area contributed by atoms with Crippen LogP contribution in [0.15, 0.2) is 18.5 Å². The summed E-state index contributed by atoms with van der Waals surface area (Å²) in [6, 6.07) is 1.96. The second-order valence-corrected chi connectivity index (χ2v) is 5.17. The molecule has 0 aliphatic heterocycles. The van der Waals surface area contributed by atoms with Crippen LogP contribution >= 0.6 is 0 Å². The van der Waals surface area contributed by atoms with E-state index in [2.05, 4.69) is 34.6 Å². The van der Waals surface area contributed by atoms with Crippen molar-refractivity contribution >= 4 is 11.6 Å². The molecule has 0 radical (unpaired) electrons. The van der Waals surface area contributed by atoms with Gasteiger partial charge in [-0.25, -0.2) is 0 Å². The lowest BCUT2D eigenvalue weighted by Crippen LogP contribution is -2.30. The molecule has 1 heterocycles. The zero-order valence-electron chi connectivity index (χ0n) is 12.2. The lowest BCUT2D eigenvalue weighted by atomic mass is 10.2. The molecule has 0 unspecified atom stereocenters. The Labute approximate surface area is 115 Å². The quantitative estimate of drug-likeness (QED) is 0.734. The van der Waals surface area contributed by atoms with Gasteiger partial charge in [0.15, 0.2) is 0 Å². The van der Waals surface area contributed by atoms with Crippen LogP contribution in [0.25, 0.3) is 0 Å². The second-order valence-electron chi connectivity index (χ2n) is 5.17. The zero-order chi connectivity index (χ0) is 14.3. The maximum atomic E-state index is 11.8. The van der Waals surface area contributed by atoms with E-state index in [1.807, 2.05) is 19.9 Å². The number of carbonyl (C=O) groups is 1. The van der Waals surface area contributed by atoms with E-state index in [1.165, 1.54) is 0 Å². The molecule has 1 rings (SSSR count). The highest BCUT2D eigenvalue weighted by Crippen LogP contribution is 2.08. The Bertz CT molecular complexity index is 404. The Hall–Kier alpha value is -1.62. The monoisotopic (exact) mass is 264 g/mol. The third kappa shape index (κ3) is 6.20. The first-order valence-corrected chi connectivity index (χ1v) is 6.63. The Balaban J connectivity index is 2.50. The fraction of sp³-hybridized carbons (Fsp3) is 0.571. The summed E-state index contributed by atoms with van der Waals surface area (Å²) in [7, 11) is 4.11. The number of nitrogens with zero attached hydrogens (tertiary/aromatic N) is 2. The van der Waals surface area contributed by atoms with Crippen molar-refractivity contribution in [1.82, 2.24) is 15.2 Å². The predicted octanol–water partition coefficient (Wildman–Crippen LogP) is 1.58. The van der Waals surface area contributed by atoms with Crippen molar-refractivity contribution < 1.29 is 4.79 Å². The van der Waals surface area contributed by atoms with Gasteiger partial charge in [-0.05, 0) is 47.0 Å². The van der Waals surface area contributed by atoms with E-state index in [4.69, 9.17) is 0 Å². The number of hydrogen-bond donors (Lipinski definition) is 2. The van der Waals surface area contributed by atoms with Crippen LogP contribution in [-0.2, 0) is 0 Å². The first-order valence-electron chi connectivity index (χ1n) is 6.63. The van der Waals surface area contributed by atoms with Gasteiger partial charge in [0.1, 0.15) is 0 Å². The van der Waals surface area contributed by atoms with Gasteiger partial charge in [0.2, 0.25) is 0 Å². The van der Waals surface area contributed by atoms with Crippen molar-refractivity contribution in [3.63, 3.8) is 0 Å². The van der Waals surface area contributed by atoms with E-state index in [-0.39, 0.29) is 11.9 Å². The predicted molar refractivity (Wildman–Crippen MR) is 78.5 cm³/mol. The summed E-state index contributed by atoms with van der Waals surface area (Å²) in [5.41, 5.74) is 1.47. The first-order chi connectivity index (χ1) is 8.99. The van der Waals surface area contributed by atoms with Gasteiger partial charge in [0.25, 0.3) is 5.91 Å². The summed E-state index contributed by atoms with van der Waals surface area (Å²) < 4.78 is 0. The number of rotatable bonds is 7. The maximum Gasteiger partial charge on any atom is 0.253 e. The molecule has 0 atom stereocenters. The highest BCUT2D eigenvalue weighted by atomic mass is 16.1. The van der Waals surface area contributed by atoms with Crippen LogP contribution in [0, 0.1) is 0 Å². The van der Waals surface area contributed by atoms with Crippen molar-refractivity contribution in [2.24, 2.45) is 0 Å². The van der Waals surface area contributed by atoms with Gasteiger partial charge in [-0.15, -0.1) is 0 Å². The number of nitrogens with one attached hydrogen (secondary N) is 2. The molecule has 0 fully saturated rings. The SMILES string of the molecule is CC(C)NC(=O)c1cncc(NCCCN(C)C)c1. The molecular formula is C14H24N4O. The van der Waals surface area contributed by atoms with E-state index in [0.29, 0.717) is 5.56 Å². The second kappa shape index (κ2) is 7.74. The summed E-state index contributed by atoms with van der Waals surface area (Å²) >= 11 is 0. The van der Waals surface area contributed by atoms with Crippen LogP contribution < -0.4 is 10.6 Å². The Morgan fingerprint density at radius 2 is 2.11 bits per heavy atom. The van der Waals surface area contributed by atoms with Crippen LogP contribution in [0.3, 0.4) is 0 Å². The number of pyridine rings is 1. The van der Waals surface area contributed by atoms with Gasteiger partial charge in [-0.3, -0.25) is 9.78 Å². The molecule has 0 aromatic carbocycles. The van der Waals surface area contributed by atoms with Gasteiger partial charge in [0, 0.05) is 25.0 Å². The van der Waals surface area contributed by atoms with Crippen LogP contribution in [0.1, 0.15) is 30.6 Å². The first kappa shape index (κ1) is 15.4. The topological polar surface area (TPSA) is 57.3 Å². The summed E-state index contributed by atoms with van der Waals surface area (Å²) in [6.45, 7) is 5.78. The molecule has 0 saturated heterocycles. The molecule has 2 N–H and O–H groups in total. The molecule has 5 nitrogen and oxygen atoms in total. The van der Waals surface area contributed by atoms with Crippen LogP contribution in [-0.4, -0.2) is 49.0 Å².